The van der Waals surface area contributed by atoms with E-state index in [1.54, 1.807) is 4.68 Å². The number of hydrogen-bond acceptors (Lipinski definition) is 3. The number of nitrogens with zero attached hydrogens (tertiary/aromatic N) is 3. The Balaban J connectivity index is 2.32. The molecule has 3 aromatic heterocycles. The summed E-state index contributed by atoms with van der Waals surface area (Å²) in [6, 6.07) is 1.99. The molecular formula is C13H15N5. The lowest BCUT2D eigenvalue weighted by Crippen LogP contribution is -1.96. The number of hydrogen-bond donors (Lipinski definition) is 2. The standard InChI is InChI=1S/C13H15N5/c1-8-6-15-13-11(8)12(14-2)9(7-16-13)10-4-5-18(3)17-10/h4-7H,1-3H3,(H2,14,15,16). The molecule has 18 heavy (non-hydrogen) atoms. The monoisotopic (exact) mass is 241 g/mol. The van der Waals surface area contributed by atoms with Crippen molar-refractivity contribution < 1.29 is 0 Å². The van der Waals surface area contributed by atoms with E-state index in [0.717, 1.165) is 28.0 Å². The van der Waals surface area contributed by atoms with E-state index in [1.807, 2.05) is 38.8 Å². The fraction of sp³-hybridized carbons (Fsp3) is 0.231. The zero-order chi connectivity index (χ0) is 12.7. The van der Waals surface area contributed by atoms with Crippen LogP contribution in [0.4, 0.5) is 5.69 Å². The molecule has 92 valence electrons. The number of pyridine rings is 1. The van der Waals surface area contributed by atoms with Crippen LogP contribution in [0, 0.1) is 6.92 Å². The minimum Gasteiger partial charge on any atom is -0.387 e. The maximum Gasteiger partial charge on any atom is 0.139 e. The highest BCUT2D eigenvalue weighted by Crippen LogP contribution is 2.33. The number of aromatic amines is 1. The van der Waals surface area contributed by atoms with E-state index in [2.05, 4.69) is 27.3 Å². The molecule has 3 heterocycles. The van der Waals surface area contributed by atoms with Crippen molar-refractivity contribution in [1.82, 2.24) is 19.7 Å². The van der Waals surface area contributed by atoms with Gasteiger partial charge in [-0.25, -0.2) is 4.98 Å². The zero-order valence-corrected chi connectivity index (χ0v) is 10.7. The molecule has 5 heteroatoms. The number of fused-ring (bicyclic) bond motifs is 1. The lowest BCUT2D eigenvalue weighted by Gasteiger charge is -2.08. The lowest BCUT2D eigenvalue weighted by molar-refractivity contribution is 0.771. The van der Waals surface area contributed by atoms with Crippen LogP contribution in [-0.2, 0) is 7.05 Å². The van der Waals surface area contributed by atoms with E-state index in [-0.39, 0.29) is 0 Å². The number of aromatic nitrogens is 4. The van der Waals surface area contributed by atoms with Crippen LogP contribution < -0.4 is 5.32 Å². The Hall–Kier alpha value is -2.30. The molecule has 0 bridgehead atoms. The van der Waals surface area contributed by atoms with Crippen molar-refractivity contribution >= 4 is 16.7 Å². The van der Waals surface area contributed by atoms with Crippen LogP contribution in [0.15, 0.2) is 24.7 Å². The molecule has 3 aromatic rings. The molecule has 0 amide bonds. The summed E-state index contributed by atoms with van der Waals surface area (Å²) in [6.07, 6.45) is 5.76. The summed E-state index contributed by atoms with van der Waals surface area (Å²) in [7, 11) is 3.84. The molecule has 0 saturated carbocycles. The third-order valence-electron chi connectivity index (χ3n) is 3.14. The molecule has 2 N–H and O–H groups in total. The summed E-state index contributed by atoms with van der Waals surface area (Å²) < 4.78 is 1.79. The molecule has 0 aliphatic rings. The number of aryl methyl sites for hydroxylation is 2. The van der Waals surface area contributed by atoms with Crippen molar-refractivity contribution in [2.24, 2.45) is 7.05 Å². The second-order valence-electron chi connectivity index (χ2n) is 4.37. The van der Waals surface area contributed by atoms with Gasteiger partial charge in [-0.15, -0.1) is 0 Å². The van der Waals surface area contributed by atoms with Crippen LogP contribution in [-0.4, -0.2) is 26.8 Å². The molecule has 3 rings (SSSR count). The summed E-state index contributed by atoms with van der Waals surface area (Å²) in [5.41, 5.74) is 5.10. The first-order valence-corrected chi connectivity index (χ1v) is 5.85. The van der Waals surface area contributed by atoms with Gasteiger partial charge in [0, 0.05) is 43.6 Å². The summed E-state index contributed by atoms with van der Waals surface area (Å²) >= 11 is 0. The van der Waals surface area contributed by atoms with Gasteiger partial charge in [0.05, 0.1) is 11.4 Å². The average Bonchev–Trinajstić information content (AvgIpc) is 2.95. The second kappa shape index (κ2) is 3.87. The second-order valence-corrected chi connectivity index (χ2v) is 4.37. The van der Waals surface area contributed by atoms with Crippen LogP contribution in [0.1, 0.15) is 5.56 Å². The van der Waals surface area contributed by atoms with Crippen molar-refractivity contribution in [2.75, 3.05) is 12.4 Å². The van der Waals surface area contributed by atoms with Crippen LogP contribution >= 0.6 is 0 Å². The quantitative estimate of drug-likeness (QED) is 0.724. The molecule has 0 unspecified atom stereocenters. The Morgan fingerprint density at radius 3 is 2.89 bits per heavy atom. The van der Waals surface area contributed by atoms with Crippen molar-refractivity contribution in [3.05, 3.63) is 30.2 Å². The van der Waals surface area contributed by atoms with Gasteiger partial charge < -0.3 is 10.3 Å². The normalized spacial score (nSPS) is 11.1. The highest BCUT2D eigenvalue weighted by Gasteiger charge is 2.14. The highest BCUT2D eigenvalue weighted by molar-refractivity contribution is 5.99. The fourth-order valence-electron chi connectivity index (χ4n) is 2.27. The van der Waals surface area contributed by atoms with Crippen molar-refractivity contribution in [1.29, 1.82) is 0 Å². The van der Waals surface area contributed by atoms with Gasteiger partial charge in [0.2, 0.25) is 0 Å². The number of H-pyrrole nitrogens is 1. The molecule has 5 nitrogen and oxygen atoms in total. The first-order valence-electron chi connectivity index (χ1n) is 5.85. The Morgan fingerprint density at radius 1 is 1.39 bits per heavy atom. The molecule has 0 atom stereocenters. The van der Waals surface area contributed by atoms with Gasteiger partial charge in [-0.2, -0.15) is 5.10 Å². The maximum absolute atomic E-state index is 4.45. The van der Waals surface area contributed by atoms with E-state index >= 15 is 0 Å². The van der Waals surface area contributed by atoms with Crippen LogP contribution in [0.3, 0.4) is 0 Å². The molecule has 0 saturated heterocycles. The Morgan fingerprint density at radius 2 is 2.22 bits per heavy atom. The molecular weight excluding hydrogens is 226 g/mol. The van der Waals surface area contributed by atoms with Gasteiger partial charge in [0.25, 0.3) is 0 Å². The van der Waals surface area contributed by atoms with E-state index in [0.29, 0.717) is 0 Å². The molecule has 0 radical (unpaired) electrons. The van der Waals surface area contributed by atoms with Gasteiger partial charge in [0.15, 0.2) is 0 Å². The topological polar surface area (TPSA) is 58.5 Å². The zero-order valence-electron chi connectivity index (χ0n) is 10.7. The molecule has 0 spiro atoms. The Labute approximate surface area is 105 Å². The molecule has 0 fully saturated rings. The summed E-state index contributed by atoms with van der Waals surface area (Å²) in [5, 5.41) is 8.83. The van der Waals surface area contributed by atoms with Gasteiger partial charge in [-0.1, -0.05) is 0 Å². The van der Waals surface area contributed by atoms with Crippen molar-refractivity contribution in [3.63, 3.8) is 0 Å². The van der Waals surface area contributed by atoms with Crippen molar-refractivity contribution in [3.8, 4) is 11.3 Å². The first-order chi connectivity index (χ1) is 8.70. The average molecular weight is 241 g/mol. The lowest BCUT2D eigenvalue weighted by atomic mass is 10.1. The summed E-state index contributed by atoms with van der Waals surface area (Å²) in [6.45, 7) is 2.07. The molecule has 0 aliphatic carbocycles. The largest absolute Gasteiger partial charge is 0.387 e. The van der Waals surface area contributed by atoms with Gasteiger partial charge in [-0.05, 0) is 18.6 Å². The fourth-order valence-corrected chi connectivity index (χ4v) is 2.27. The van der Waals surface area contributed by atoms with E-state index < -0.39 is 0 Å². The molecule has 0 aromatic carbocycles. The molecule has 0 aliphatic heterocycles. The Bertz CT molecular complexity index is 707. The summed E-state index contributed by atoms with van der Waals surface area (Å²) in [5.74, 6) is 0. The highest BCUT2D eigenvalue weighted by atomic mass is 15.2. The number of nitrogens with one attached hydrogen (secondary N) is 2. The van der Waals surface area contributed by atoms with E-state index in [9.17, 15) is 0 Å². The van der Waals surface area contributed by atoms with Crippen LogP contribution in [0.5, 0.6) is 0 Å². The van der Waals surface area contributed by atoms with E-state index in [1.165, 1.54) is 5.56 Å². The van der Waals surface area contributed by atoms with Gasteiger partial charge >= 0.3 is 0 Å². The van der Waals surface area contributed by atoms with Crippen LogP contribution in [0.2, 0.25) is 0 Å². The predicted octanol–water partition coefficient (Wildman–Crippen LogP) is 2.31. The van der Waals surface area contributed by atoms with E-state index in [4.69, 9.17) is 0 Å². The minimum absolute atomic E-state index is 0.900. The minimum atomic E-state index is 0.900. The van der Waals surface area contributed by atoms with Gasteiger partial charge in [0.1, 0.15) is 5.65 Å². The van der Waals surface area contributed by atoms with Gasteiger partial charge in [-0.3, -0.25) is 4.68 Å². The first kappa shape index (κ1) is 10.8. The van der Waals surface area contributed by atoms with Crippen molar-refractivity contribution in [2.45, 2.75) is 6.92 Å². The predicted molar refractivity (Wildman–Crippen MR) is 72.6 cm³/mol. The Kier molecular flexibility index (Phi) is 2.33. The third-order valence-corrected chi connectivity index (χ3v) is 3.14. The third kappa shape index (κ3) is 1.48. The number of rotatable bonds is 2. The van der Waals surface area contributed by atoms with Crippen LogP contribution in [0.25, 0.3) is 22.3 Å². The number of anilines is 1. The maximum atomic E-state index is 4.45. The SMILES string of the molecule is CNc1c(-c2ccn(C)n2)cnc2[nH]cc(C)c12. The smallest absolute Gasteiger partial charge is 0.139 e. The summed E-state index contributed by atoms with van der Waals surface area (Å²) in [4.78, 5) is 7.62.